The molecule has 0 spiro atoms. The average Bonchev–Trinajstić information content (AvgIpc) is 3.65. The van der Waals surface area contributed by atoms with E-state index in [2.05, 4.69) is 25.9 Å². The van der Waals surface area contributed by atoms with Gasteiger partial charge in [-0.05, 0) is 61.4 Å². The van der Waals surface area contributed by atoms with Crippen molar-refractivity contribution in [3.8, 4) is 0 Å². The van der Waals surface area contributed by atoms with Gasteiger partial charge in [-0.1, -0.05) is 22.9 Å². The van der Waals surface area contributed by atoms with Gasteiger partial charge in [0.25, 0.3) is 0 Å². The number of rotatable bonds is 6. The molecule has 2 aromatic heterocycles. The molecule has 1 aliphatic rings. The summed E-state index contributed by atoms with van der Waals surface area (Å²) in [5.74, 6) is -0.239. The number of pyridine rings is 1. The normalized spacial score (nSPS) is 13.3. The highest BCUT2D eigenvalue weighted by Gasteiger charge is 2.31. The molecule has 14 heteroatoms. The third-order valence-corrected chi connectivity index (χ3v) is 7.09. The van der Waals surface area contributed by atoms with Crippen LogP contribution >= 0.6 is 22.9 Å². The van der Waals surface area contributed by atoms with E-state index in [-0.39, 0.29) is 28.2 Å². The first kappa shape index (κ1) is 26.6. The van der Waals surface area contributed by atoms with Crippen LogP contribution in [0.2, 0.25) is 5.02 Å². The Morgan fingerprint density at radius 2 is 1.74 bits per heavy atom. The van der Waals surface area contributed by atoms with Gasteiger partial charge in [-0.3, -0.25) is 4.79 Å². The van der Waals surface area contributed by atoms with Gasteiger partial charge in [0, 0.05) is 18.7 Å². The molecule has 4 aromatic rings. The highest BCUT2D eigenvalue weighted by Crippen LogP contribution is 2.35. The number of alkyl halides is 3. The summed E-state index contributed by atoms with van der Waals surface area (Å²) in [6, 6.07) is 9.05. The van der Waals surface area contributed by atoms with Crippen LogP contribution in [-0.2, 0) is 11.0 Å². The van der Waals surface area contributed by atoms with Crippen LogP contribution in [-0.4, -0.2) is 29.0 Å². The maximum Gasteiger partial charge on any atom is 0.416 e. The topological polar surface area (TPSA) is 99.3 Å². The van der Waals surface area contributed by atoms with E-state index in [1.807, 2.05) is 0 Å². The maximum absolute atomic E-state index is 14.5. The monoisotopic (exact) mass is 578 g/mol. The molecule has 39 heavy (non-hydrogen) atoms. The predicted molar refractivity (Wildman–Crippen MR) is 142 cm³/mol. The zero-order valence-corrected chi connectivity index (χ0v) is 21.6. The van der Waals surface area contributed by atoms with Gasteiger partial charge in [0.2, 0.25) is 5.91 Å². The van der Waals surface area contributed by atoms with Crippen LogP contribution in [0.5, 0.6) is 0 Å². The van der Waals surface area contributed by atoms with E-state index < -0.39 is 23.6 Å². The maximum atomic E-state index is 14.5. The molecule has 202 valence electrons. The Labute approximate surface area is 228 Å². The number of carbonyl (C=O) groups excluding carboxylic acids is 2. The van der Waals surface area contributed by atoms with Crippen molar-refractivity contribution in [3.05, 3.63) is 64.9 Å². The number of nitrogens with one attached hydrogen (secondary N) is 3. The number of amides is 3. The van der Waals surface area contributed by atoms with Gasteiger partial charge in [-0.15, -0.1) is 0 Å². The van der Waals surface area contributed by atoms with Gasteiger partial charge < -0.3 is 20.9 Å². The summed E-state index contributed by atoms with van der Waals surface area (Å²) in [6.45, 7) is 0. The molecule has 1 aliphatic carbocycles. The van der Waals surface area contributed by atoms with Gasteiger partial charge in [-0.2, -0.15) is 13.2 Å². The van der Waals surface area contributed by atoms with Crippen LogP contribution in [0.4, 0.5) is 50.4 Å². The number of hydrogen-bond donors (Lipinski definition) is 3. The number of anilines is 5. The molecule has 0 atom stereocenters. The smallest absolute Gasteiger partial charge is 0.329 e. The summed E-state index contributed by atoms with van der Waals surface area (Å²) >= 11 is 7.11. The molecule has 1 fully saturated rings. The lowest BCUT2D eigenvalue weighted by Gasteiger charge is -2.19. The molecule has 0 saturated heterocycles. The Kier molecular flexibility index (Phi) is 7.03. The largest absolute Gasteiger partial charge is 0.416 e. The van der Waals surface area contributed by atoms with E-state index >= 15 is 0 Å². The van der Waals surface area contributed by atoms with E-state index in [0.29, 0.717) is 33.1 Å². The molecule has 3 N–H and O–H groups in total. The predicted octanol–water partition coefficient (Wildman–Crippen LogP) is 7.26. The standard InChI is InChI=1S/C25H19ClF4N6O2S/c1-36(20-9-8-18-22(34-20)39-24(33-18)35-21(37)12-2-3-12)14-5-6-16(27)19(11-14)32-23(38)31-17-7-4-13(10-15(17)26)25(28,29)30/h4-12H,2-3H2,1H3,(H2,31,32,38)(H,33,35,37). The minimum atomic E-state index is -4.59. The van der Waals surface area contributed by atoms with Crippen molar-refractivity contribution in [2.75, 3.05) is 27.9 Å². The highest BCUT2D eigenvalue weighted by molar-refractivity contribution is 7.22. The van der Waals surface area contributed by atoms with Crippen molar-refractivity contribution in [2.45, 2.75) is 19.0 Å². The molecule has 0 unspecified atom stereocenters. The number of urea groups is 1. The number of hydrogen-bond acceptors (Lipinski definition) is 6. The van der Waals surface area contributed by atoms with Gasteiger partial charge in [0.05, 0.1) is 22.0 Å². The third-order valence-electron chi connectivity index (χ3n) is 5.89. The van der Waals surface area contributed by atoms with Gasteiger partial charge in [0.1, 0.15) is 22.0 Å². The molecule has 1 saturated carbocycles. The summed E-state index contributed by atoms with van der Waals surface area (Å²) in [7, 11) is 1.70. The lowest BCUT2D eigenvalue weighted by Crippen LogP contribution is -2.21. The summed E-state index contributed by atoms with van der Waals surface area (Å²) in [5.41, 5.74) is -0.125. The van der Waals surface area contributed by atoms with E-state index in [1.165, 1.54) is 23.5 Å². The molecule has 0 bridgehead atoms. The number of benzene rings is 2. The quantitative estimate of drug-likeness (QED) is 0.209. The van der Waals surface area contributed by atoms with Crippen LogP contribution in [0.3, 0.4) is 0 Å². The van der Waals surface area contributed by atoms with Crippen LogP contribution < -0.4 is 20.9 Å². The number of halogens is 5. The fraction of sp³-hybridized carbons (Fsp3) is 0.200. The Morgan fingerprint density at radius 3 is 2.44 bits per heavy atom. The highest BCUT2D eigenvalue weighted by atomic mass is 35.5. The lowest BCUT2D eigenvalue weighted by molar-refractivity contribution is -0.137. The summed E-state index contributed by atoms with van der Waals surface area (Å²) in [5, 5.41) is 7.59. The summed E-state index contributed by atoms with van der Waals surface area (Å²) in [6.07, 6.45) is -2.83. The average molecular weight is 579 g/mol. The van der Waals surface area contributed by atoms with Crippen molar-refractivity contribution >= 4 is 73.2 Å². The van der Waals surface area contributed by atoms with Crippen molar-refractivity contribution in [1.29, 1.82) is 0 Å². The van der Waals surface area contributed by atoms with Crippen molar-refractivity contribution in [3.63, 3.8) is 0 Å². The number of nitrogens with zero attached hydrogens (tertiary/aromatic N) is 3. The second kappa shape index (κ2) is 10.3. The summed E-state index contributed by atoms with van der Waals surface area (Å²) < 4.78 is 53.0. The van der Waals surface area contributed by atoms with Crippen LogP contribution in [0.15, 0.2) is 48.5 Å². The first-order valence-corrected chi connectivity index (χ1v) is 12.7. The Hall–Kier alpha value is -3.97. The first-order chi connectivity index (χ1) is 18.5. The van der Waals surface area contributed by atoms with Crippen molar-refractivity contribution in [1.82, 2.24) is 9.97 Å². The number of carbonyl (C=O) groups is 2. The molecular formula is C25H19ClF4N6O2S. The fourth-order valence-corrected chi connectivity index (χ4v) is 4.68. The van der Waals surface area contributed by atoms with E-state index in [9.17, 15) is 27.2 Å². The Balaban J connectivity index is 1.30. The van der Waals surface area contributed by atoms with Gasteiger partial charge in [0.15, 0.2) is 5.13 Å². The minimum Gasteiger partial charge on any atom is -0.329 e. The van der Waals surface area contributed by atoms with Crippen molar-refractivity contribution < 1.29 is 27.2 Å². The molecule has 3 amide bonds. The summed E-state index contributed by atoms with van der Waals surface area (Å²) in [4.78, 5) is 35.7. The molecule has 0 radical (unpaired) electrons. The Bertz CT molecular complexity index is 1590. The SMILES string of the molecule is CN(c1ccc(F)c(NC(=O)Nc2ccc(C(F)(F)F)cc2Cl)c1)c1ccc2nc(NC(=O)C3CC3)sc2n1. The fourth-order valence-electron chi connectivity index (χ4n) is 3.62. The van der Waals surface area contributed by atoms with E-state index in [0.717, 1.165) is 31.0 Å². The second-order valence-corrected chi connectivity index (χ2v) is 10.2. The van der Waals surface area contributed by atoms with Crippen LogP contribution in [0.1, 0.15) is 18.4 Å². The number of thiazole rings is 1. The van der Waals surface area contributed by atoms with Crippen LogP contribution in [0, 0.1) is 11.7 Å². The van der Waals surface area contributed by atoms with Crippen molar-refractivity contribution in [2.24, 2.45) is 5.92 Å². The zero-order chi connectivity index (χ0) is 27.9. The van der Waals surface area contributed by atoms with Gasteiger partial charge in [-0.25, -0.2) is 19.2 Å². The number of fused-ring (bicyclic) bond motifs is 1. The first-order valence-electron chi connectivity index (χ1n) is 11.5. The molecular weight excluding hydrogens is 560 g/mol. The minimum absolute atomic E-state index is 0.0435. The second-order valence-electron chi connectivity index (χ2n) is 8.77. The van der Waals surface area contributed by atoms with Crippen LogP contribution in [0.25, 0.3) is 10.3 Å². The van der Waals surface area contributed by atoms with E-state index in [4.69, 9.17) is 11.6 Å². The Morgan fingerprint density at radius 1 is 1.00 bits per heavy atom. The molecule has 2 aromatic carbocycles. The zero-order valence-electron chi connectivity index (χ0n) is 20.1. The molecule has 8 nitrogen and oxygen atoms in total. The third kappa shape index (κ3) is 6.04. The van der Waals surface area contributed by atoms with Gasteiger partial charge >= 0.3 is 12.2 Å². The molecule has 2 heterocycles. The number of aromatic nitrogens is 2. The molecule has 5 rings (SSSR count). The molecule has 0 aliphatic heterocycles. The lowest BCUT2D eigenvalue weighted by atomic mass is 10.2. The van der Waals surface area contributed by atoms with E-state index in [1.54, 1.807) is 24.1 Å².